The highest BCUT2D eigenvalue weighted by Gasteiger charge is 2.12. The zero-order valence-corrected chi connectivity index (χ0v) is 15.2. The van der Waals surface area contributed by atoms with Crippen LogP contribution in [0.2, 0.25) is 0 Å². The molecular weight excluding hydrogens is 316 g/mol. The molecule has 1 heterocycles. The van der Waals surface area contributed by atoms with Crippen molar-refractivity contribution in [3.8, 4) is 0 Å². The Hall–Kier alpha value is -2.27. The fourth-order valence-corrected chi connectivity index (χ4v) is 2.86. The summed E-state index contributed by atoms with van der Waals surface area (Å²) in [6.45, 7) is 9.26. The van der Waals surface area contributed by atoms with Crippen LogP contribution in [0.15, 0.2) is 48.4 Å². The van der Waals surface area contributed by atoms with Crippen LogP contribution in [0.1, 0.15) is 31.7 Å². The molecule has 1 saturated heterocycles. The Bertz CT molecular complexity index is 619. The van der Waals surface area contributed by atoms with Crippen molar-refractivity contribution in [3.05, 3.63) is 54.0 Å². The van der Waals surface area contributed by atoms with Crippen LogP contribution in [-0.4, -0.2) is 37.6 Å². The van der Waals surface area contributed by atoms with Gasteiger partial charge in [0.2, 0.25) is 5.76 Å². The number of piperidine rings is 1. The van der Waals surface area contributed by atoms with Gasteiger partial charge < -0.3 is 14.8 Å². The monoisotopic (exact) mass is 344 g/mol. The highest BCUT2D eigenvalue weighted by atomic mass is 16.6. The molecule has 1 aliphatic heterocycles. The maximum absolute atomic E-state index is 11.4. The van der Waals surface area contributed by atoms with Gasteiger partial charge in [-0.3, -0.25) is 4.90 Å². The number of hydrogen-bond acceptors (Lipinski definition) is 5. The van der Waals surface area contributed by atoms with Crippen molar-refractivity contribution in [1.82, 2.24) is 4.90 Å². The molecule has 0 aliphatic carbocycles. The molecule has 0 spiro atoms. The van der Waals surface area contributed by atoms with Crippen molar-refractivity contribution < 1.29 is 14.3 Å². The Morgan fingerprint density at radius 3 is 2.76 bits per heavy atom. The molecule has 0 aromatic heterocycles. The van der Waals surface area contributed by atoms with E-state index in [1.807, 2.05) is 13.0 Å². The lowest BCUT2D eigenvalue weighted by Gasteiger charge is -2.26. The van der Waals surface area contributed by atoms with Crippen LogP contribution in [0.3, 0.4) is 0 Å². The van der Waals surface area contributed by atoms with Gasteiger partial charge in [0.05, 0.1) is 13.7 Å². The summed E-state index contributed by atoms with van der Waals surface area (Å²) >= 11 is 0. The van der Waals surface area contributed by atoms with E-state index in [9.17, 15) is 4.79 Å². The molecule has 0 radical (unpaired) electrons. The third kappa shape index (κ3) is 6.27. The summed E-state index contributed by atoms with van der Waals surface area (Å²) in [6, 6.07) is 8.41. The van der Waals surface area contributed by atoms with E-state index in [1.165, 1.54) is 45.0 Å². The number of hydrogen-bond donors (Lipinski definition) is 1. The number of rotatable bonds is 8. The number of allylic oxidation sites excluding steroid dienone is 1. The number of esters is 1. The molecule has 25 heavy (non-hydrogen) atoms. The second-order valence-electron chi connectivity index (χ2n) is 6.16. The van der Waals surface area contributed by atoms with Gasteiger partial charge in [-0.2, -0.15) is 0 Å². The fourth-order valence-electron chi connectivity index (χ4n) is 2.86. The van der Waals surface area contributed by atoms with Crippen LogP contribution in [-0.2, 0) is 20.8 Å². The van der Waals surface area contributed by atoms with E-state index in [-0.39, 0.29) is 5.76 Å². The number of benzene rings is 1. The lowest BCUT2D eigenvalue weighted by Crippen LogP contribution is -2.29. The van der Waals surface area contributed by atoms with E-state index in [4.69, 9.17) is 4.74 Å². The number of likely N-dealkylation sites (tertiary alicyclic amines) is 1. The average Bonchev–Trinajstić information content (AvgIpc) is 2.65. The van der Waals surface area contributed by atoms with Crippen LogP contribution in [0.5, 0.6) is 0 Å². The van der Waals surface area contributed by atoms with E-state index in [0.29, 0.717) is 12.3 Å². The highest BCUT2D eigenvalue weighted by Crippen LogP contribution is 2.17. The summed E-state index contributed by atoms with van der Waals surface area (Å²) in [6.07, 6.45) is 5.74. The van der Waals surface area contributed by atoms with Gasteiger partial charge in [-0.1, -0.05) is 18.6 Å². The number of nitrogens with zero attached hydrogens (tertiary/aromatic N) is 1. The van der Waals surface area contributed by atoms with Gasteiger partial charge in [-0.15, -0.1) is 0 Å². The number of carbonyl (C=O) groups excluding carboxylic acids is 1. The number of nitrogens with one attached hydrogen (secondary N) is 1. The quantitative estimate of drug-likeness (QED) is 0.443. The summed E-state index contributed by atoms with van der Waals surface area (Å²) in [5, 5.41) is 3.33. The number of methoxy groups -OCH3 is 1. The Labute approximate surface area is 150 Å². The second kappa shape index (κ2) is 9.89. The first-order valence-corrected chi connectivity index (χ1v) is 8.78. The predicted octanol–water partition coefficient (Wildman–Crippen LogP) is 3.69. The summed E-state index contributed by atoms with van der Waals surface area (Å²) in [7, 11) is 1.30. The topological polar surface area (TPSA) is 50.8 Å². The molecule has 1 aromatic carbocycles. The van der Waals surface area contributed by atoms with Gasteiger partial charge in [0.25, 0.3) is 0 Å². The van der Waals surface area contributed by atoms with Crippen LogP contribution in [0, 0.1) is 0 Å². The van der Waals surface area contributed by atoms with E-state index in [2.05, 4.69) is 39.7 Å². The van der Waals surface area contributed by atoms with Crippen LogP contribution in [0.25, 0.3) is 0 Å². The third-order valence-corrected chi connectivity index (χ3v) is 4.24. The van der Waals surface area contributed by atoms with Crippen molar-refractivity contribution in [3.63, 3.8) is 0 Å². The van der Waals surface area contributed by atoms with Crippen LogP contribution < -0.4 is 5.32 Å². The molecule has 0 atom stereocenters. The van der Waals surface area contributed by atoms with Crippen LogP contribution in [0.4, 0.5) is 5.69 Å². The Balaban J connectivity index is 1.88. The number of anilines is 1. The highest BCUT2D eigenvalue weighted by molar-refractivity contribution is 5.85. The average molecular weight is 344 g/mol. The van der Waals surface area contributed by atoms with Gasteiger partial charge in [-0.25, -0.2) is 4.79 Å². The maximum atomic E-state index is 11.4. The minimum atomic E-state index is -0.567. The van der Waals surface area contributed by atoms with E-state index in [1.54, 1.807) is 6.08 Å². The lowest BCUT2D eigenvalue weighted by molar-refractivity contribution is -0.139. The number of carbonyl (C=O) groups is 1. The fraction of sp³-hybridized carbons (Fsp3) is 0.450. The molecule has 1 aliphatic rings. The molecule has 2 rings (SSSR count). The molecular formula is C20H28N2O3. The maximum Gasteiger partial charge on any atom is 0.373 e. The normalized spacial score (nSPS) is 15.5. The lowest BCUT2D eigenvalue weighted by atomic mass is 10.1. The first-order chi connectivity index (χ1) is 12.1. The molecule has 0 bridgehead atoms. The first kappa shape index (κ1) is 19.1. The molecule has 5 heteroatoms. The van der Waals surface area contributed by atoms with Gasteiger partial charge in [0.1, 0.15) is 5.76 Å². The van der Waals surface area contributed by atoms with Crippen molar-refractivity contribution >= 4 is 11.7 Å². The molecule has 0 saturated carbocycles. The molecule has 0 amide bonds. The van der Waals surface area contributed by atoms with E-state index >= 15 is 0 Å². The minimum Gasteiger partial charge on any atom is -0.463 e. The zero-order valence-electron chi connectivity index (χ0n) is 15.2. The molecule has 1 fully saturated rings. The zero-order chi connectivity index (χ0) is 18.1. The second-order valence-corrected chi connectivity index (χ2v) is 6.16. The Kier molecular flexibility index (Phi) is 7.54. The molecule has 5 nitrogen and oxygen atoms in total. The van der Waals surface area contributed by atoms with Crippen LogP contribution >= 0.6 is 0 Å². The Morgan fingerprint density at radius 1 is 1.32 bits per heavy atom. The standard InChI is InChI=1S/C20H28N2O3/c1-4-19(25-16(2)20(23)24-3)14-21-18-10-8-9-17(13-18)15-22-11-6-5-7-12-22/h4,8-10,13,21H,2,5-7,11-12,14-15H2,1,3H3/b19-4-. The molecule has 1 aromatic rings. The first-order valence-electron chi connectivity index (χ1n) is 8.78. The van der Waals surface area contributed by atoms with Gasteiger partial charge >= 0.3 is 5.97 Å². The summed E-state index contributed by atoms with van der Waals surface area (Å²) in [4.78, 5) is 13.9. The van der Waals surface area contributed by atoms with E-state index in [0.717, 1.165) is 12.2 Å². The van der Waals surface area contributed by atoms with Crippen molar-refractivity contribution in [2.45, 2.75) is 32.7 Å². The van der Waals surface area contributed by atoms with Crippen molar-refractivity contribution in [2.75, 3.05) is 32.1 Å². The summed E-state index contributed by atoms with van der Waals surface area (Å²) in [5.41, 5.74) is 2.33. The summed E-state index contributed by atoms with van der Waals surface area (Å²) in [5.74, 6) is 0.0379. The minimum absolute atomic E-state index is 0.0174. The molecule has 136 valence electrons. The van der Waals surface area contributed by atoms with Crippen molar-refractivity contribution in [2.24, 2.45) is 0 Å². The Morgan fingerprint density at radius 2 is 2.08 bits per heavy atom. The van der Waals surface area contributed by atoms with Gasteiger partial charge in [0.15, 0.2) is 0 Å². The third-order valence-electron chi connectivity index (χ3n) is 4.24. The van der Waals surface area contributed by atoms with Crippen molar-refractivity contribution in [1.29, 1.82) is 0 Å². The van der Waals surface area contributed by atoms with Gasteiger partial charge in [0, 0.05) is 12.2 Å². The smallest absolute Gasteiger partial charge is 0.373 e. The SMILES string of the molecule is C=C(O/C(=C\C)CNc1cccc(CN2CCCCC2)c1)C(=O)OC. The summed E-state index contributed by atoms with van der Waals surface area (Å²) < 4.78 is 10.0. The number of ether oxygens (including phenoxy) is 2. The largest absolute Gasteiger partial charge is 0.463 e. The van der Waals surface area contributed by atoms with E-state index < -0.39 is 5.97 Å². The molecule has 1 N–H and O–H groups in total. The predicted molar refractivity (Wildman–Crippen MR) is 100 cm³/mol. The van der Waals surface area contributed by atoms with Gasteiger partial charge in [-0.05, 0) is 63.2 Å². The molecule has 0 unspecified atom stereocenters.